The molecular weight excluding hydrogens is 694 g/mol. The summed E-state index contributed by atoms with van der Waals surface area (Å²) in [6, 6.07) is 17.4. The summed E-state index contributed by atoms with van der Waals surface area (Å²) >= 11 is 7.92. The number of halogens is 1. The summed E-state index contributed by atoms with van der Waals surface area (Å²) in [5.74, 6) is -0.271. The zero-order chi connectivity index (χ0) is 35.6. The molecule has 2 amide bonds. The van der Waals surface area contributed by atoms with Gasteiger partial charge in [-0.2, -0.15) is 0 Å². The van der Waals surface area contributed by atoms with E-state index in [1.165, 1.54) is 30.0 Å². The summed E-state index contributed by atoms with van der Waals surface area (Å²) in [7, 11) is 3.19. The number of aromatic nitrogens is 2. The summed E-state index contributed by atoms with van der Waals surface area (Å²) in [6.45, 7) is 1.42. The lowest BCUT2D eigenvalue weighted by Crippen LogP contribution is -2.58. The number of nitrogens with one attached hydrogen (secondary N) is 3. The number of fused-ring (bicyclic) bond motifs is 5. The van der Waals surface area contributed by atoms with Crippen molar-refractivity contribution in [3.8, 4) is 0 Å². The van der Waals surface area contributed by atoms with Gasteiger partial charge in [0.1, 0.15) is 11.4 Å². The van der Waals surface area contributed by atoms with E-state index in [-0.39, 0.29) is 28.8 Å². The summed E-state index contributed by atoms with van der Waals surface area (Å²) in [5, 5.41) is 19.1. The minimum absolute atomic E-state index is 0.0947. The van der Waals surface area contributed by atoms with Crippen molar-refractivity contribution in [2.75, 3.05) is 50.4 Å². The summed E-state index contributed by atoms with van der Waals surface area (Å²) < 4.78 is 7.72. The second-order valence-corrected chi connectivity index (χ2v) is 14.0. The van der Waals surface area contributed by atoms with Crippen LogP contribution in [0.1, 0.15) is 44.1 Å². The first-order valence-corrected chi connectivity index (χ1v) is 17.7. The number of H-pyrrole nitrogens is 1. The molecular formula is C36H32ClN7O6S. The number of likely N-dealkylation sites (N-methyl/N-ethyl adjacent to an activating group) is 1. The fourth-order valence-electron chi connectivity index (χ4n) is 7.55. The number of alkyl halides is 1. The van der Waals surface area contributed by atoms with Crippen LogP contribution in [-0.4, -0.2) is 87.9 Å². The first-order chi connectivity index (χ1) is 24.7. The lowest BCUT2D eigenvalue weighted by Gasteiger charge is -2.45. The third-order valence-corrected chi connectivity index (χ3v) is 11.3. The number of hydrogen-bond acceptors (Lipinski definition) is 9. The van der Waals surface area contributed by atoms with Gasteiger partial charge in [-0.05, 0) is 65.3 Å². The number of nitro benzene ring substituents is 1. The number of benzene rings is 3. The number of nitro groups is 1. The molecule has 260 valence electrons. The van der Waals surface area contributed by atoms with E-state index in [0.717, 1.165) is 32.3 Å². The number of carbonyl (C=O) groups is 3. The van der Waals surface area contributed by atoms with Crippen LogP contribution in [0.4, 0.5) is 16.2 Å². The predicted octanol–water partition coefficient (Wildman–Crippen LogP) is 6.68. The van der Waals surface area contributed by atoms with E-state index in [1.54, 1.807) is 34.4 Å². The molecule has 6 aromatic rings. The van der Waals surface area contributed by atoms with Crippen molar-refractivity contribution >= 4 is 84.0 Å². The van der Waals surface area contributed by atoms with Crippen molar-refractivity contribution in [2.24, 2.45) is 0 Å². The van der Waals surface area contributed by atoms with E-state index < -0.39 is 29.0 Å². The second kappa shape index (κ2) is 12.7. The molecule has 1 fully saturated rings. The second-order valence-electron chi connectivity index (χ2n) is 12.8. The zero-order valence-electron chi connectivity index (χ0n) is 27.5. The molecule has 0 spiro atoms. The van der Waals surface area contributed by atoms with E-state index in [9.17, 15) is 19.7 Å². The SMILES string of the molecule is COC(=O)N1CCN(C)C(C(=O)c2cc3ccccc3n2NC(=O)c2cc3cc([N+](=O)[O-])ccc3[nH]2)C1c1cc2c(c3ccsc13)[C@@H](CCl)CN2. The lowest BCUT2D eigenvalue weighted by molar-refractivity contribution is -0.384. The number of para-hydroxylation sites is 1. The number of amides is 2. The molecule has 2 aliphatic rings. The number of rotatable bonds is 7. The van der Waals surface area contributed by atoms with E-state index in [1.807, 2.05) is 41.6 Å². The zero-order valence-corrected chi connectivity index (χ0v) is 29.1. The van der Waals surface area contributed by atoms with Gasteiger partial charge in [-0.1, -0.05) is 18.2 Å². The monoisotopic (exact) mass is 725 g/mol. The fraction of sp³-hybridized carbons (Fsp3) is 0.250. The average Bonchev–Trinajstić information content (AvgIpc) is 3.94. The van der Waals surface area contributed by atoms with Crippen molar-refractivity contribution in [1.82, 2.24) is 19.5 Å². The number of piperazine rings is 1. The van der Waals surface area contributed by atoms with Crippen molar-refractivity contribution in [3.05, 3.63) is 105 Å². The van der Waals surface area contributed by atoms with Gasteiger partial charge in [-0.25, -0.2) is 9.47 Å². The van der Waals surface area contributed by atoms with E-state index >= 15 is 4.79 Å². The Balaban J connectivity index is 1.24. The maximum atomic E-state index is 15.1. The standard InChI is InChI=1S/C36H32ClN7O6S/c1-41-10-11-42(36(47)50-2)31(24-16-26-30(21(17-37)18-38-26)23-9-12-51-34(23)24)32(41)33(45)29-15-19-5-3-4-6-28(19)43(29)40-35(46)27-14-20-13-22(44(48)49)7-8-25(20)39-27/h3-9,12-16,21,31-32,38-39H,10-11,17-18H2,1-2H3,(H,40,46)/t21-,31?,32?/m0/s1. The molecule has 3 aromatic heterocycles. The maximum absolute atomic E-state index is 15.1. The number of aromatic amines is 1. The molecule has 0 saturated carbocycles. The summed E-state index contributed by atoms with van der Waals surface area (Å²) in [5.41, 5.74) is 7.20. The molecule has 0 aliphatic carbocycles. The molecule has 5 heterocycles. The van der Waals surface area contributed by atoms with Crippen LogP contribution in [0.5, 0.6) is 0 Å². The fourth-order valence-corrected chi connectivity index (χ4v) is 8.77. The molecule has 8 rings (SSSR count). The van der Waals surface area contributed by atoms with Crippen molar-refractivity contribution in [2.45, 2.75) is 18.0 Å². The Hall–Kier alpha value is -5.44. The Labute approximate surface area is 299 Å². The van der Waals surface area contributed by atoms with Crippen LogP contribution in [-0.2, 0) is 4.74 Å². The van der Waals surface area contributed by atoms with Crippen LogP contribution in [0.2, 0.25) is 0 Å². The first kappa shape index (κ1) is 32.7. The lowest BCUT2D eigenvalue weighted by atomic mass is 9.87. The molecule has 2 unspecified atom stereocenters. The quantitative estimate of drug-likeness (QED) is 0.0713. The highest BCUT2D eigenvalue weighted by Gasteiger charge is 2.45. The van der Waals surface area contributed by atoms with Gasteiger partial charge in [-0.15, -0.1) is 22.9 Å². The predicted molar refractivity (Wildman–Crippen MR) is 197 cm³/mol. The minimum atomic E-state index is -0.861. The van der Waals surface area contributed by atoms with Gasteiger partial charge in [0.2, 0.25) is 5.78 Å². The molecule has 2 aliphatic heterocycles. The maximum Gasteiger partial charge on any atom is 0.410 e. The highest BCUT2D eigenvalue weighted by atomic mass is 35.5. The van der Waals surface area contributed by atoms with E-state index in [4.69, 9.17) is 16.3 Å². The van der Waals surface area contributed by atoms with Crippen molar-refractivity contribution in [1.29, 1.82) is 0 Å². The number of ketones is 1. The number of nitrogens with zero attached hydrogens (tertiary/aromatic N) is 4. The number of hydrogen-bond donors (Lipinski definition) is 3. The van der Waals surface area contributed by atoms with Gasteiger partial charge < -0.3 is 15.0 Å². The van der Waals surface area contributed by atoms with Gasteiger partial charge in [0, 0.05) is 70.2 Å². The van der Waals surface area contributed by atoms with Gasteiger partial charge >= 0.3 is 6.09 Å². The highest BCUT2D eigenvalue weighted by molar-refractivity contribution is 7.17. The molecule has 3 N–H and O–H groups in total. The molecule has 0 radical (unpaired) electrons. The van der Waals surface area contributed by atoms with Crippen LogP contribution in [0, 0.1) is 10.1 Å². The van der Waals surface area contributed by atoms with Crippen LogP contribution < -0.4 is 10.7 Å². The van der Waals surface area contributed by atoms with Gasteiger partial charge in [0.15, 0.2) is 0 Å². The minimum Gasteiger partial charge on any atom is -0.453 e. The number of Topliss-reactive ketones (excluding diaryl/α,β-unsaturated/α-hetero) is 1. The molecule has 15 heteroatoms. The van der Waals surface area contributed by atoms with Gasteiger partial charge in [-0.3, -0.25) is 34.9 Å². The number of methoxy groups -OCH3 is 1. The summed E-state index contributed by atoms with van der Waals surface area (Å²) in [6.07, 6.45) is -0.546. The smallest absolute Gasteiger partial charge is 0.410 e. The Bertz CT molecular complexity index is 2400. The number of anilines is 1. The number of non-ortho nitro benzene ring substituents is 1. The van der Waals surface area contributed by atoms with Crippen LogP contribution in [0.15, 0.2) is 72.1 Å². The molecule has 1 saturated heterocycles. The molecule has 13 nitrogen and oxygen atoms in total. The Morgan fingerprint density at radius 2 is 1.90 bits per heavy atom. The van der Waals surface area contributed by atoms with Crippen LogP contribution in [0.25, 0.3) is 31.9 Å². The largest absolute Gasteiger partial charge is 0.453 e. The van der Waals surface area contributed by atoms with Gasteiger partial charge in [0.25, 0.3) is 11.6 Å². The molecule has 0 bridgehead atoms. The van der Waals surface area contributed by atoms with E-state index in [0.29, 0.717) is 41.9 Å². The molecule has 3 aromatic carbocycles. The van der Waals surface area contributed by atoms with Gasteiger partial charge in [0.05, 0.1) is 29.6 Å². The normalized spacial score (nSPS) is 19.0. The number of thiophene rings is 1. The number of ether oxygens (including phenoxy) is 1. The molecule has 51 heavy (non-hydrogen) atoms. The van der Waals surface area contributed by atoms with E-state index in [2.05, 4.69) is 21.8 Å². The van der Waals surface area contributed by atoms with Crippen LogP contribution in [0.3, 0.4) is 0 Å². The van der Waals surface area contributed by atoms with Crippen molar-refractivity contribution in [3.63, 3.8) is 0 Å². The Morgan fingerprint density at radius 1 is 1.08 bits per heavy atom. The average molecular weight is 726 g/mol. The summed E-state index contributed by atoms with van der Waals surface area (Å²) in [4.78, 5) is 59.8. The Kier molecular flexibility index (Phi) is 8.16. The molecule has 3 atom stereocenters. The van der Waals surface area contributed by atoms with Crippen LogP contribution >= 0.6 is 22.9 Å². The third kappa shape index (κ3) is 5.37. The Morgan fingerprint density at radius 3 is 2.69 bits per heavy atom. The van der Waals surface area contributed by atoms with Crippen molar-refractivity contribution < 1.29 is 24.0 Å². The third-order valence-electron chi connectivity index (χ3n) is 9.98. The first-order valence-electron chi connectivity index (χ1n) is 16.3. The highest BCUT2D eigenvalue weighted by Crippen LogP contribution is 2.46. The number of carbonyl (C=O) groups excluding carboxylic acids is 3. The topological polar surface area (TPSA) is 155 Å².